The molecule has 1 N–H and O–H groups in total. The monoisotopic (exact) mass is 363 g/mol. The first-order valence-corrected chi connectivity index (χ1v) is 8.91. The number of nitrogens with zero attached hydrogens (tertiary/aromatic N) is 1. The number of carboxylic acids is 1. The summed E-state index contributed by atoms with van der Waals surface area (Å²) in [5.74, 6) is -0.0142. The molecule has 2 aliphatic rings. The van der Waals surface area contributed by atoms with Gasteiger partial charge in [-0.1, -0.05) is 0 Å². The van der Waals surface area contributed by atoms with Crippen LogP contribution in [-0.2, 0) is 9.53 Å². The van der Waals surface area contributed by atoms with E-state index in [4.69, 9.17) is 14.2 Å². The van der Waals surface area contributed by atoms with Gasteiger partial charge in [-0.3, -0.25) is 9.59 Å². The van der Waals surface area contributed by atoms with Crippen LogP contribution >= 0.6 is 0 Å². The first-order valence-electron chi connectivity index (χ1n) is 8.91. The summed E-state index contributed by atoms with van der Waals surface area (Å²) in [6, 6.07) is 5.17. The van der Waals surface area contributed by atoms with Gasteiger partial charge in [-0.05, 0) is 43.4 Å². The molecule has 2 atom stereocenters. The van der Waals surface area contributed by atoms with Crippen LogP contribution in [0.5, 0.6) is 11.5 Å². The van der Waals surface area contributed by atoms with Crippen molar-refractivity contribution in [2.75, 3.05) is 33.9 Å². The van der Waals surface area contributed by atoms with E-state index in [9.17, 15) is 14.7 Å². The van der Waals surface area contributed by atoms with Gasteiger partial charge in [0.15, 0.2) is 0 Å². The fourth-order valence-electron chi connectivity index (χ4n) is 3.92. The Morgan fingerprint density at radius 1 is 1.15 bits per heavy atom. The number of amides is 1. The zero-order valence-electron chi connectivity index (χ0n) is 15.1. The van der Waals surface area contributed by atoms with Crippen LogP contribution in [-0.4, -0.2) is 61.9 Å². The van der Waals surface area contributed by atoms with Crippen LogP contribution in [0, 0.1) is 11.8 Å². The molecule has 26 heavy (non-hydrogen) atoms. The average Bonchev–Trinajstić information content (AvgIpc) is 3.17. The van der Waals surface area contributed by atoms with E-state index in [0.29, 0.717) is 43.2 Å². The lowest BCUT2D eigenvalue weighted by molar-refractivity contribution is -0.145. The highest BCUT2D eigenvalue weighted by Gasteiger charge is 2.41. The van der Waals surface area contributed by atoms with Crippen molar-refractivity contribution in [3.63, 3.8) is 0 Å². The maximum Gasteiger partial charge on any atom is 0.309 e. The first kappa shape index (κ1) is 18.5. The van der Waals surface area contributed by atoms with Crippen molar-refractivity contribution in [3.8, 4) is 11.5 Å². The number of piperidine rings is 1. The van der Waals surface area contributed by atoms with Crippen molar-refractivity contribution >= 4 is 11.9 Å². The molecule has 0 aromatic heterocycles. The van der Waals surface area contributed by atoms with Crippen LogP contribution in [0.4, 0.5) is 0 Å². The van der Waals surface area contributed by atoms with Gasteiger partial charge in [0.25, 0.3) is 5.91 Å². The average molecular weight is 363 g/mol. The lowest BCUT2D eigenvalue weighted by Gasteiger charge is -2.35. The molecular formula is C19H25NO6. The molecule has 2 heterocycles. The Balaban J connectivity index is 1.66. The van der Waals surface area contributed by atoms with Gasteiger partial charge in [0, 0.05) is 19.7 Å². The third kappa shape index (κ3) is 3.62. The fourth-order valence-corrected chi connectivity index (χ4v) is 3.92. The van der Waals surface area contributed by atoms with Crippen LogP contribution in [0.25, 0.3) is 0 Å². The zero-order chi connectivity index (χ0) is 18.7. The minimum absolute atomic E-state index is 0.0960. The lowest BCUT2D eigenvalue weighted by Crippen LogP contribution is -2.43. The minimum Gasteiger partial charge on any atom is -0.497 e. The molecule has 7 nitrogen and oxygen atoms in total. The molecule has 1 amide bonds. The van der Waals surface area contributed by atoms with Gasteiger partial charge in [-0.2, -0.15) is 0 Å². The Morgan fingerprint density at radius 2 is 1.88 bits per heavy atom. The molecule has 1 aromatic rings. The topological polar surface area (TPSA) is 85.3 Å². The summed E-state index contributed by atoms with van der Waals surface area (Å²) in [7, 11) is 3.09. The largest absolute Gasteiger partial charge is 0.497 e. The van der Waals surface area contributed by atoms with Crippen LogP contribution in [0.2, 0.25) is 0 Å². The van der Waals surface area contributed by atoms with Crippen molar-refractivity contribution in [2.45, 2.75) is 25.4 Å². The highest BCUT2D eigenvalue weighted by Crippen LogP contribution is 2.34. The molecule has 3 rings (SSSR count). The number of carbonyl (C=O) groups excluding carboxylic acids is 1. The molecule has 2 fully saturated rings. The Morgan fingerprint density at radius 3 is 2.50 bits per heavy atom. The van der Waals surface area contributed by atoms with Crippen LogP contribution in [0.15, 0.2) is 18.2 Å². The van der Waals surface area contributed by atoms with Gasteiger partial charge in [-0.25, -0.2) is 0 Å². The Bertz CT molecular complexity index is 668. The van der Waals surface area contributed by atoms with Gasteiger partial charge >= 0.3 is 5.97 Å². The summed E-state index contributed by atoms with van der Waals surface area (Å²) >= 11 is 0. The van der Waals surface area contributed by atoms with Gasteiger partial charge < -0.3 is 24.2 Å². The van der Waals surface area contributed by atoms with E-state index in [1.165, 1.54) is 7.11 Å². The predicted octanol–water partition coefficient (Wildman–Crippen LogP) is 2.05. The van der Waals surface area contributed by atoms with Gasteiger partial charge in [0.05, 0.1) is 31.8 Å². The molecule has 1 aromatic carbocycles. The molecule has 0 bridgehead atoms. The van der Waals surface area contributed by atoms with E-state index in [1.54, 1.807) is 30.2 Å². The molecule has 1 unspecified atom stereocenters. The van der Waals surface area contributed by atoms with Gasteiger partial charge in [0.2, 0.25) is 0 Å². The van der Waals surface area contributed by atoms with E-state index in [0.717, 1.165) is 12.8 Å². The molecule has 0 saturated carbocycles. The van der Waals surface area contributed by atoms with Crippen molar-refractivity contribution < 1.29 is 28.9 Å². The summed E-state index contributed by atoms with van der Waals surface area (Å²) in [5.41, 5.74) is 0.478. The van der Waals surface area contributed by atoms with Crippen LogP contribution in [0.1, 0.15) is 29.6 Å². The third-order valence-electron chi connectivity index (χ3n) is 5.38. The highest BCUT2D eigenvalue weighted by molar-refractivity contribution is 5.97. The van der Waals surface area contributed by atoms with Crippen LogP contribution in [0.3, 0.4) is 0 Å². The summed E-state index contributed by atoms with van der Waals surface area (Å²) in [6.45, 7) is 1.66. The molecule has 0 radical (unpaired) electrons. The normalized spacial score (nSPS) is 23.7. The standard InChI is InChI=1S/C19H25NO6/c1-24-13-3-4-16(25-2)15(11-13)18(21)20-8-5-12(6-9-20)17-14(19(22)23)7-10-26-17/h3-4,11-12,14,17H,5-10H2,1-2H3,(H,22,23)/t14?,17-/m0/s1. The molecule has 7 heteroatoms. The third-order valence-corrected chi connectivity index (χ3v) is 5.38. The zero-order valence-corrected chi connectivity index (χ0v) is 15.1. The predicted molar refractivity (Wildman–Crippen MR) is 93.7 cm³/mol. The van der Waals surface area contributed by atoms with E-state index in [2.05, 4.69) is 0 Å². The van der Waals surface area contributed by atoms with Crippen molar-refractivity contribution in [2.24, 2.45) is 11.8 Å². The quantitative estimate of drug-likeness (QED) is 0.862. The smallest absolute Gasteiger partial charge is 0.309 e. The number of benzene rings is 1. The number of methoxy groups -OCH3 is 2. The number of aliphatic carboxylic acids is 1. The number of hydrogen-bond acceptors (Lipinski definition) is 5. The van der Waals surface area contributed by atoms with E-state index >= 15 is 0 Å². The highest BCUT2D eigenvalue weighted by atomic mass is 16.5. The van der Waals surface area contributed by atoms with Gasteiger partial charge in [-0.15, -0.1) is 0 Å². The van der Waals surface area contributed by atoms with Gasteiger partial charge in [0.1, 0.15) is 11.5 Å². The molecule has 2 saturated heterocycles. The van der Waals surface area contributed by atoms with Crippen molar-refractivity contribution in [1.29, 1.82) is 0 Å². The minimum atomic E-state index is -0.785. The van der Waals surface area contributed by atoms with E-state index in [1.807, 2.05) is 0 Å². The Hall–Kier alpha value is -2.28. The first-order chi connectivity index (χ1) is 12.5. The Labute approximate surface area is 152 Å². The molecule has 2 aliphatic heterocycles. The number of hydrogen-bond donors (Lipinski definition) is 1. The molecular weight excluding hydrogens is 338 g/mol. The number of carbonyl (C=O) groups is 2. The number of rotatable bonds is 5. The van der Waals surface area contributed by atoms with E-state index in [-0.39, 0.29) is 17.9 Å². The Kier molecular flexibility index (Phi) is 5.66. The van der Waals surface area contributed by atoms with Crippen molar-refractivity contribution in [1.82, 2.24) is 4.90 Å². The van der Waals surface area contributed by atoms with Crippen LogP contribution < -0.4 is 9.47 Å². The summed E-state index contributed by atoms with van der Waals surface area (Å²) < 4.78 is 16.2. The summed E-state index contributed by atoms with van der Waals surface area (Å²) in [4.78, 5) is 26.1. The summed E-state index contributed by atoms with van der Waals surface area (Å²) in [5, 5.41) is 9.34. The second-order valence-corrected chi connectivity index (χ2v) is 6.76. The lowest BCUT2D eigenvalue weighted by atomic mass is 9.84. The van der Waals surface area contributed by atoms with E-state index < -0.39 is 11.9 Å². The second kappa shape index (κ2) is 7.95. The second-order valence-electron chi connectivity index (χ2n) is 6.76. The maximum absolute atomic E-state index is 12.9. The van der Waals surface area contributed by atoms with Crippen molar-refractivity contribution in [3.05, 3.63) is 23.8 Å². The molecule has 0 aliphatic carbocycles. The SMILES string of the molecule is COc1ccc(OC)c(C(=O)N2CCC([C@@H]3OCCC3C(=O)O)CC2)c1. The number of ether oxygens (including phenoxy) is 3. The number of carboxylic acid groups (broad SMARTS) is 1. The molecule has 142 valence electrons. The number of likely N-dealkylation sites (tertiary alicyclic amines) is 1. The fraction of sp³-hybridized carbons (Fsp3) is 0.579. The maximum atomic E-state index is 12.9. The molecule has 0 spiro atoms. The summed E-state index contributed by atoms with van der Waals surface area (Å²) in [6.07, 6.45) is 1.81.